The second-order valence-electron chi connectivity index (χ2n) is 5.46. The minimum atomic E-state index is -1.39. The van der Waals surface area contributed by atoms with Gasteiger partial charge in [0.2, 0.25) is 0 Å². The summed E-state index contributed by atoms with van der Waals surface area (Å²) in [6.45, 7) is 2.45. The van der Waals surface area contributed by atoms with Gasteiger partial charge in [-0.15, -0.1) is 0 Å². The number of likely N-dealkylation sites (tertiary alicyclic amines) is 1. The fraction of sp³-hybridized carbons (Fsp3) is 0.533. The summed E-state index contributed by atoms with van der Waals surface area (Å²) >= 11 is 0. The third-order valence-corrected chi connectivity index (χ3v) is 3.72. The van der Waals surface area contributed by atoms with Crippen LogP contribution in [0.25, 0.3) is 0 Å². The van der Waals surface area contributed by atoms with E-state index in [2.05, 4.69) is 11.0 Å². The summed E-state index contributed by atoms with van der Waals surface area (Å²) in [7, 11) is 1.67. The maximum absolute atomic E-state index is 11.3. The Morgan fingerprint density at radius 1 is 1.50 bits per heavy atom. The van der Waals surface area contributed by atoms with Gasteiger partial charge in [-0.3, -0.25) is 9.69 Å². The molecule has 1 unspecified atom stereocenters. The van der Waals surface area contributed by atoms with Crippen molar-refractivity contribution < 1.29 is 14.6 Å². The standard InChI is InChI=1S/C15H22N2O3/c1-20-10-13-5-2-4-12(8-13)9-17-7-3-6-15(19,11-17)14(16)18/h2,4-5,8,19H,3,6-7,9-11H2,1H3,(H2,16,18). The van der Waals surface area contributed by atoms with Gasteiger partial charge in [0.25, 0.3) is 5.91 Å². The maximum Gasteiger partial charge on any atom is 0.250 e. The molecule has 1 heterocycles. The molecule has 1 aromatic rings. The van der Waals surface area contributed by atoms with Gasteiger partial charge >= 0.3 is 0 Å². The largest absolute Gasteiger partial charge is 0.380 e. The number of aliphatic hydroxyl groups is 1. The quantitative estimate of drug-likeness (QED) is 0.829. The molecule has 1 aliphatic rings. The molecule has 1 aromatic carbocycles. The molecule has 0 bridgehead atoms. The molecule has 0 radical (unpaired) electrons. The van der Waals surface area contributed by atoms with E-state index in [1.165, 1.54) is 0 Å². The Morgan fingerprint density at radius 3 is 2.95 bits per heavy atom. The monoisotopic (exact) mass is 278 g/mol. The molecule has 1 atom stereocenters. The molecule has 0 aromatic heterocycles. The minimum absolute atomic E-state index is 0.302. The van der Waals surface area contributed by atoms with Gasteiger partial charge < -0.3 is 15.6 Å². The molecule has 110 valence electrons. The zero-order valence-electron chi connectivity index (χ0n) is 11.8. The lowest BCUT2D eigenvalue weighted by Crippen LogP contribution is -2.55. The number of amides is 1. The average molecular weight is 278 g/mol. The number of hydrogen-bond acceptors (Lipinski definition) is 4. The summed E-state index contributed by atoms with van der Waals surface area (Å²) < 4.78 is 5.12. The number of nitrogens with two attached hydrogens (primary N) is 1. The number of benzene rings is 1. The maximum atomic E-state index is 11.3. The van der Waals surface area contributed by atoms with Gasteiger partial charge in [-0.1, -0.05) is 24.3 Å². The van der Waals surface area contributed by atoms with Crippen molar-refractivity contribution in [2.75, 3.05) is 20.2 Å². The van der Waals surface area contributed by atoms with Gasteiger partial charge in [-0.25, -0.2) is 0 Å². The summed E-state index contributed by atoms with van der Waals surface area (Å²) in [5, 5.41) is 10.2. The van der Waals surface area contributed by atoms with Gasteiger partial charge in [-0.2, -0.15) is 0 Å². The van der Waals surface area contributed by atoms with Crippen LogP contribution in [-0.4, -0.2) is 41.7 Å². The van der Waals surface area contributed by atoms with Crippen LogP contribution in [0.1, 0.15) is 24.0 Å². The van der Waals surface area contributed by atoms with E-state index in [-0.39, 0.29) is 0 Å². The number of ether oxygens (including phenoxy) is 1. The molecule has 1 saturated heterocycles. The molecule has 0 spiro atoms. The normalized spacial score (nSPS) is 23.7. The lowest BCUT2D eigenvalue weighted by molar-refractivity contribution is -0.142. The zero-order chi connectivity index (χ0) is 14.6. The van der Waals surface area contributed by atoms with E-state index in [0.717, 1.165) is 24.1 Å². The fourth-order valence-corrected chi connectivity index (χ4v) is 2.70. The van der Waals surface area contributed by atoms with Crippen LogP contribution in [0.4, 0.5) is 0 Å². The second-order valence-corrected chi connectivity index (χ2v) is 5.46. The van der Waals surface area contributed by atoms with Crippen LogP contribution < -0.4 is 5.73 Å². The molecule has 2 rings (SSSR count). The first-order valence-electron chi connectivity index (χ1n) is 6.85. The number of piperidine rings is 1. The Kier molecular flexibility index (Phi) is 4.75. The lowest BCUT2D eigenvalue weighted by atomic mass is 9.92. The minimum Gasteiger partial charge on any atom is -0.380 e. The SMILES string of the molecule is COCc1cccc(CN2CCCC(O)(C(N)=O)C2)c1. The van der Waals surface area contributed by atoms with Crippen LogP contribution in [0.3, 0.4) is 0 Å². The molecule has 1 amide bonds. The van der Waals surface area contributed by atoms with Crippen LogP contribution in [0, 0.1) is 0 Å². The fourth-order valence-electron chi connectivity index (χ4n) is 2.70. The molecule has 0 saturated carbocycles. The molecule has 1 aliphatic heterocycles. The Hall–Kier alpha value is -1.43. The van der Waals surface area contributed by atoms with Crippen LogP contribution in [0.5, 0.6) is 0 Å². The summed E-state index contributed by atoms with van der Waals surface area (Å²) in [6, 6.07) is 8.13. The van der Waals surface area contributed by atoms with Crippen molar-refractivity contribution in [2.24, 2.45) is 5.73 Å². The second kappa shape index (κ2) is 6.35. The molecule has 20 heavy (non-hydrogen) atoms. The van der Waals surface area contributed by atoms with Crippen LogP contribution in [-0.2, 0) is 22.7 Å². The van der Waals surface area contributed by atoms with E-state index in [4.69, 9.17) is 10.5 Å². The number of carbonyl (C=O) groups is 1. The van der Waals surface area contributed by atoms with Gasteiger partial charge in [0.05, 0.1) is 6.61 Å². The highest BCUT2D eigenvalue weighted by molar-refractivity contribution is 5.83. The predicted molar refractivity (Wildman–Crippen MR) is 75.8 cm³/mol. The van der Waals surface area contributed by atoms with Gasteiger partial charge in [-0.05, 0) is 30.5 Å². The number of carbonyl (C=O) groups excluding carboxylic acids is 1. The number of primary amides is 1. The summed E-state index contributed by atoms with van der Waals surface area (Å²) in [5.41, 5.74) is 6.17. The van der Waals surface area contributed by atoms with E-state index < -0.39 is 11.5 Å². The number of β-amino-alcohol motifs (C(OH)–C–C–N with tert-alkyl or cyclic N) is 1. The number of rotatable bonds is 5. The van der Waals surface area contributed by atoms with Gasteiger partial charge in [0.1, 0.15) is 0 Å². The zero-order valence-corrected chi connectivity index (χ0v) is 11.8. The predicted octanol–water partition coefficient (Wildman–Crippen LogP) is 0.645. The van der Waals surface area contributed by atoms with E-state index in [1.807, 2.05) is 18.2 Å². The van der Waals surface area contributed by atoms with Crippen LogP contribution in [0.15, 0.2) is 24.3 Å². The van der Waals surface area contributed by atoms with Crippen molar-refractivity contribution in [1.82, 2.24) is 4.90 Å². The molecule has 5 nitrogen and oxygen atoms in total. The van der Waals surface area contributed by atoms with Crippen molar-refractivity contribution in [3.8, 4) is 0 Å². The Morgan fingerprint density at radius 2 is 2.25 bits per heavy atom. The number of nitrogens with zero attached hydrogens (tertiary/aromatic N) is 1. The molecule has 5 heteroatoms. The van der Waals surface area contributed by atoms with Crippen molar-refractivity contribution in [3.63, 3.8) is 0 Å². The van der Waals surface area contributed by atoms with E-state index >= 15 is 0 Å². The van der Waals surface area contributed by atoms with Crippen molar-refractivity contribution in [3.05, 3.63) is 35.4 Å². The highest BCUT2D eigenvalue weighted by Crippen LogP contribution is 2.22. The van der Waals surface area contributed by atoms with Crippen molar-refractivity contribution in [1.29, 1.82) is 0 Å². The Labute approximate surface area is 119 Å². The van der Waals surface area contributed by atoms with Crippen molar-refractivity contribution >= 4 is 5.91 Å². The van der Waals surface area contributed by atoms with E-state index in [1.54, 1.807) is 7.11 Å². The first kappa shape index (κ1) is 15.0. The number of hydrogen-bond donors (Lipinski definition) is 2. The van der Waals surface area contributed by atoms with Crippen LogP contribution in [0.2, 0.25) is 0 Å². The highest BCUT2D eigenvalue weighted by atomic mass is 16.5. The van der Waals surface area contributed by atoms with E-state index in [9.17, 15) is 9.90 Å². The van der Waals surface area contributed by atoms with Crippen LogP contribution >= 0.6 is 0 Å². The Balaban J connectivity index is 2.02. The average Bonchev–Trinajstić information content (AvgIpc) is 2.39. The molecular formula is C15H22N2O3. The lowest BCUT2D eigenvalue weighted by Gasteiger charge is -2.37. The summed E-state index contributed by atoms with van der Waals surface area (Å²) in [4.78, 5) is 13.4. The first-order chi connectivity index (χ1) is 9.53. The first-order valence-corrected chi connectivity index (χ1v) is 6.85. The van der Waals surface area contributed by atoms with Gasteiger partial charge in [0, 0.05) is 20.2 Å². The van der Waals surface area contributed by atoms with E-state index in [0.29, 0.717) is 26.1 Å². The summed E-state index contributed by atoms with van der Waals surface area (Å²) in [5.74, 6) is -0.629. The smallest absolute Gasteiger partial charge is 0.250 e. The third kappa shape index (κ3) is 3.56. The summed E-state index contributed by atoms with van der Waals surface area (Å²) in [6.07, 6.45) is 1.22. The van der Waals surface area contributed by atoms with Gasteiger partial charge in [0.15, 0.2) is 5.60 Å². The molecule has 3 N–H and O–H groups in total. The molecule has 0 aliphatic carbocycles. The number of methoxy groups -OCH3 is 1. The molecular weight excluding hydrogens is 256 g/mol. The van der Waals surface area contributed by atoms with Crippen molar-refractivity contribution in [2.45, 2.75) is 31.6 Å². The highest BCUT2D eigenvalue weighted by Gasteiger charge is 2.38. The Bertz CT molecular complexity index is 478. The molecule has 1 fully saturated rings. The topological polar surface area (TPSA) is 75.8 Å². The third-order valence-electron chi connectivity index (χ3n) is 3.72.